The molecule has 7 nitrogen and oxygen atoms in total. The molecule has 0 bridgehead atoms. The first-order valence-corrected chi connectivity index (χ1v) is 13.0. The van der Waals surface area contributed by atoms with Crippen LogP contribution in [-0.4, -0.2) is 28.3 Å². The van der Waals surface area contributed by atoms with Gasteiger partial charge in [-0.3, -0.25) is 9.69 Å². The van der Waals surface area contributed by atoms with Crippen molar-refractivity contribution in [1.29, 1.82) is 0 Å². The van der Waals surface area contributed by atoms with Crippen LogP contribution in [0, 0.1) is 11.6 Å². The lowest BCUT2D eigenvalue weighted by Gasteiger charge is -2.35. The summed E-state index contributed by atoms with van der Waals surface area (Å²) < 4.78 is 110. The molecule has 2 N–H and O–H groups in total. The molecule has 2 aliphatic rings. The summed E-state index contributed by atoms with van der Waals surface area (Å²) in [6.45, 7) is 0.0639. The highest BCUT2D eigenvalue weighted by Gasteiger charge is 2.42. The average Bonchev–Trinajstić information content (AvgIpc) is 3.61. The number of nitrogens with zero attached hydrogens (tertiary/aromatic N) is 3. The van der Waals surface area contributed by atoms with Gasteiger partial charge in [-0.25, -0.2) is 18.3 Å². The summed E-state index contributed by atoms with van der Waals surface area (Å²) in [4.78, 5) is 27.8. The fourth-order valence-electron chi connectivity index (χ4n) is 5.34. The first-order valence-electron chi connectivity index (χ1n) is 12.7. The van der Waals surface area contributed by atoms with Crippen LogP contribution < -0.4 is 15.5 Å². The van der Waals surface area contributed by atoms with E-state index in [0.29, 0.717) is 23.8 Å². The third kappa shape index (κ3) is 5.10. The fraction of sp³-hybridized carbons (Fsp3) is 0.179. The van der Waals surface area contributed by atoms with Crippen LogP contribution in [0.1, 0.15) is 44.3 Å². The third-order valence-corrected chi connectivity index (χ3v) is 7.55. The van der Waals surface area contributed by atoms with Crippen molar-refractivity contribution >= 4 is 34.9 Å². The van der Waals surface area contributed by atoms with Crippen LogP contribution in [0.4, 0.5) is 51.3 Å². The molecule has 1 unspecified atom stereocenters. The van der Waals surface area contributed by atoms with E-state index in [1.54, 1.807) is 0 Å². The molecule has 0 radical (unpaired) electrons. The van der Waals surface area contributed by atoms with Gasteiger partial charge < -0.3 is 10.6 Å². The first kappa shape index (κ1) is 29.4. The highest BCUT2D eigenvalue weighted by atomic mass is 35.5. The molecule has 3 aromatic carbocycles. The van der Waals surface area contributed by atoms with Gasteiger partial charge in [0.25, 0.3) is 5.91 Å². The number of amides is 3. The fourth-order valence-corrected chi connectivity index (χ4v) is 5.56. The van der Waals surface area contributed by atoms with Crippen molar-refractivity contribution in [3.05, 3.63) is 105 Å². The maximum Gasteiger partial charge on any atom is 0.435 e. The Morgan fingerprint density at radius 2 is 1.73 bits per heavy atom. The Kier molecular flexibility index (Phi) is 6.83. The van der Waals surface area contributed by atoms with Gasteiger partial charge in [0.05, 0.1) is 28.7 Å². The van der Waals surface area contributed by atoms with Crippen molar-refractivity contribution in [3.63, 3.8) is 0 Å². The van der Waals surface area contributed by atoms with E-state index in [1.165, 1.54) is 17.0 Å². The van der Waals surface area contributed by atoms with Gasteiger partial charge in [0.1, 0.15) is 11.6 Å². The number of urea groups is 1. The number of rotatable bonds is 4. The Labute approximate surface area is 247 Å². The molecule has 1 atom stereocenters. The van der Waals surface area contributed by atoms with E-state index in [1.807, 2.05) is 0 Å². The van der Waals surface area contributed by atoms with Gasteiger partial charge in [-0.2, -0.15) is 31.4 Å². The van der Waals surface area contributed by atoms with Crippen LogP contribution in [0.3, 0.4) is 0 Å². The standard InChI is InChI=1S/C28H16ClF8N5O2/c29-18-2-1-14(30)10-17(18)23-22-19(38-25(43)12-7-13(27(32,33)34)9-15(31)8-12)11-20(42-6-4-21(40-42)28(35,36)37)16-3-5-41(24(16)22)26(44)39-23/h1-2,4,6-11,23H,3,5H2,(H,38,43)(H,39,44). The Bertz CT molecular complexity index is 1850. The predicted molar refractivity (Wildman–Crippen MR) is 141 cm³/mol. The summed E-state index contributed by atoms with van der Waals surface area (Å²) >= 11 is 6.35. The van der Waals surface area contributed by atoms with Crippen LogP contribution in [0.2, 0.25) is 5.02 Å². The zero-order chi connectivity index (χ0) is 31.7. The van der Waals surface area contributed by atoms with Crippen LogP contribution in [0.15, 0.2) is 54.7 Å². The van der Waals surface area contributed by atoms with Gasteiger partial charge in [-0.15, -0.1) is 0 Å². The molecular weight excluding hydrogens is 626 g/mol. The van der Waals surface area contributed by atoms with E-state index in [9.17, 15) is 44.7 Å². The summed E-state index contributed by atoms with van der Waals surface area (Å²) in [5, 5.41) is 8.69. The lowest BCUT2D eigenvalue weighted by molar-refractivity contribution is -0.141. The molecule has 0 aliphatic carbocycles. The van der Waals surface area contributed by atoms with Crippen LogP contribution in [-0.2, 0) is 18.8 Å². The second kappa shape index (κ2) is 10.2. The normalized spacial score (nSPS) is 16.2. The van der Waals surface area contributed by atoms with Crippen LogP contribution in [0.5, 0.6) is 0 Å². The highest BCUT2D eigenvalue weighted by molar-refractivity contribution is 6.31. The topological polar surface area (TPSA) is 79.3 Å². The zero-order valence-corrected chi connectivity index (χ0v) is 22.5. The van der Waals surface area contributed by atoms with E-state index in [-0.39, 0.29) is 52.2 Å². The second-order valence-corrected chi connectivity index (χ2v) is 10.4. The molecule has 0 saturated heterocycles. The quantitative estimate of drug-likeness (QED) is 0.230. The number of halogens is 9. The first-order chi connectivity index (χ1) is 20.6. The average molecular weight is 642 g/mol. The molecular formula is C28H16ClF8N5O2. The van der Waals surface area contributed by atoms with E-state index in [2.05, 4.69) is 15.7 Å². The molecule has 0 saturated carbocycles. The molecule has 1 aromatic heterocycles. The van der Waals surface area contributed by atoms with E-state index < -0.39 is 58.8 Å². The van der Waals surface area contributed by atoms with Gasteiger partial charge in [0.2, 0.25) is 0 Å². The molecule has 3 heterocycles. The lowest BCUT2D eigenvalue weighted by Crippen LogP contribution is -2.46. The second-order valence-electron chi connectivity index (χ2n) is 9.96. The summed E-state index contributed by atoms with van der Waals surface area (Å²) in [7, 11) is 0. The third-order valence-electron chi connectivity index (χ3n) is 7.21. The summed E-state index contributed by atoms with van der Waals surface area (Å²) in [6.07, 6.45) is -8.62. The molecule has 2 aliphatic heterocycles. The molecule has 3 amide bonds. The van der Waals surface area contributed by atoms with E-state index in [0.717, 1.165) is 23.0 Å². The summed E-state index contributed by atoms with van der Waals surface area (Å²) in [5.74, 6) is -3.28. The number of alkyl halides is 6. The number of benzene rings is 3. The summed E-state index contributed by atoms with van der Waals surface area (Å²) in [6, 6.07) is 4.59. The van der Waals surface area contributed by atoms with Crippen LogP contribution >= 0.6 is 11.6 Å². The maximum atomic E-state index is 14.3. The highest BCUT2D eigenvalue weighted by Crippen LogP contribution is 2.49. The Balaban J connectivity index is 1.57. The van der Waals surface area contributed by atoms with Crippen molar-refractivity contribution in [1.82, 2.24) is 15.1 Å². The number of hydrogen-bond acceptors (Lipinski definition) is 3. The molecule has 16 heteroatoms. The van der Waals surface area contributed by atoms with Crippen molar-refractivity contribution < 1.29 is 44.7 Å². The number of carbonyl (C=O) groups is 2. The van der Waals surface area contributed by atoms with Gasteiger partial charge >= 0.3 is 18.4 Å². The van der Waals surface area contributed by atoms with Crippen molar-refractivity contribution in [2.24, 2.45) is 0 Å². The zero-order valence-electron chi connectivity index (χ0n) is 21.7. The largest absolute Gasteiger partial charge is 0.435 e. The van der Waals surface area contributed by atoms with Crippen molar-refractivity contribution in [2.45, 2.75) is 24.8 Å². The molecule has 44 heavy (non-hydrogen) atoms. The minimum atomic E-state index is -4.98. The minimum absolute atomic E-state index is 0.0140. The predicted octanol–water partition coefficient (Wildman–Crippen LogP) is 7.27. The molecule has 6 rings (SSSR count). The number of hydrogen-bond donors (Lipinski definition) is 2. The van der Waals surface area contributed by atoms with Gasteiger partial charge in [0.15, 0.2) is 5.69 Å². The van der Waals surface area contributed by atoms with Crippen molar-refractivity contribution in [2.75, 3.05) is 16.8 Å². The minimum Gasteiger partial charge on any atom is -0.327 e. The number of aromatic nitrogens is 2. The number of nitrogens with one attached hydrogen (secondary N) is 2. The molecule has 0 spiro atoms. The molecule has 228 valence electrons. The molecule has 0 fully saturated rings. The van der Waals surface area contributed by atoms with E-state index >= 15 is 0 Å². The smallest absolute Gasteiger partial charge is 0.327 e. The Morgan fingerprint density at radius 1 is 0.977 bits per heavy atom. The van der Waals surface area contributed by atoms with Gasteiger partial charge in [0, 0.05) is 40.0 Å². The Morgan fingerprint density at radius 3 is 2.41 bits per heavy atom. The summed E-state index contributed by atoms with van der Waals surface area (Å²) in [5.41, 5.74) is -2.87. The monoisotopic (exact) mass is 641 g/mol. The Hall–Kier alpha value is -4.66. The lowest BCUT2D eigenvalue weighted by atomic mass is 9.90. The van der Waals surface area contributed by atoms with Crippen molar-refractivity contribution in [3.8, 4) is 5.69 Å². The SMILES string of the molecule is O=C(Nc1cc(-n2ccc(C(F)(F)F)n2)c2c3c1C(c1cc(F)ccc1Cl)NC(=O)N3CC2)c1cc(F)cc(C(F)(F)F)c1. The molecule has 4 aromatic rings. The number of anilines is 2. The van der Waals surface area contributed by atoms with Gasteiger partial charge in [-0.05, 0) is 55.0 Å². The number of carbonyl (C=O) groups excluding carboxylic acids is 2. The van der Waals surface area contributed by atoms with Crippen LogP contribution in [0.25, 0.3) is 5.69 Å². The van der Waals surface area contributed by atoms with Gasteiger partial charge in [-0.1, -0.05) is 11.6 Å². The van der Waals surface area contributed by atoms with E-state index in [4.69, 9.17) is 11.6 Å². The maximum absolute atomic E-state index is 14.3.